The minimum absolute atomic E-state index is 0.0924. The van der Waals surface area contributed by atoms with Gasteiger partial charge >= 0.3 is 0 Å². The molecule has 0 aliphatic rings. The molecule has 0 aromatic heterocycles. The number of ether oxygens (including phenoxy) is 1. The number of hydrogen-bond acceptors (Lipinski definition) is 3. The van der Waals surface area contributed by atoms with Crippen molar-refractivity contribution in [2.45, 2.75) is 32.8 Å². The van der Waals surface area contributed by atoms with E-state index in [1.54, 1.807) is 6.92 Å². The van der Waals surface area contributed by atoms with Crippen molar-refractivity contribution >= 4 is 5.91 Å². The Hall–Kier alpha value is -1.55. The third-order valence-electron chi connectivity index (χ3n) is 2.88. The summed E-state index contributed by atoms with van der Waals surface area (Å²) in [6.07, 6.45) is -0.487. The summed E-state index contributed by atoms with van der Waals surface area (Å²) in [5.41, 5.74) is 1.21. The molecular formula is C15H24N2O2. The van der Waals surface area contributed by atoms with Crippen LogP contribution >= 0.6 is 0 Å². The number of likely N-dealkylation sites (N-methyl/N-ethyl adjacent to an activating group) is 1. The van der Waals surface area contributed by atoms with E-state index in [0.717, 1.165) is 12.3 Å². The molecule has 4 nitrogen and oxygen atoms in total. The predicted octanol–water partition coefficient (Wildman–Crippen LogP) is 1.91. The first-order valence-electron chi connectivity index (χ1n) is 6.73. The molecule has 1 aromatic rings. The Balaban J connectivity index is 2.53. The van der Waals surface area contributed by atoms with E-state index >= 15 is 0 Å². The molecule has 2 N–H and O–H groups in total. The molecule has 0 saturated heterocycles. The van der Waals surface area contributed by atoms with E-state index in [9.17, 15) is 4.79 Å². The quantitative estimate of drug-likeness (QED) is 0.740. The van der Waals surface area contributed by atoms with Crippen LogP contribution < -0.4 is 15.4 Å². The third kappa shape index (κ3) is 5.30. The van der Waals surface area contributed by atoms with Gasteiger partial charge in [-0.05, 0) is 37.6 Å². The van der Waals surface area contributed by atoms with E-state index in [0.29, 0.717) is 12.5 Å². The number of carbonyl (C=O) groups is 1. The minimum Gasteiger partial charge on any atom is -0.481 e. The number of benzene rings is 1. The van der Waals surface area contributed by atoms with Crippen LogP contribution in [-0.2, 0) is 4.79 Å². The first-order chi connectivity index (χ1) is 9.04. The van der Waals surface area contributed by atoms with Crippen molar-refractivity contribution in [2.24, 2.45) is 0 Å². The molecule has 0 spiro atoms. The average Bonchev–Trinajstić information content (AvgIpc) is 2.39. The molecule has 0 saturated carbocycles. The lowest BCUT2D eigenvalue weighted by Gasteiger charge is -2.16. The number of amides is 1. The monoisotopic (exact) mass is 264 g/mol. The van der Waals surface area contributed by atoms with Crippen molar-refractivity contribution in [3.63, 3.8) is 0 Å². The standard InChI is InChI=1S/C15H24N2O2/c1-11(2)13-6-5-7-14(10-13)19-12(3)15(18)17-9-8-16-4/h5-7,10-12,16H,8-9H2,1-4H3,(H,17,18). The second kappa shape index (κ2) is 7.79. The number of carbonyl (C=O) groups excluding carboxylic acids is 1. The van der Waals surface area contributed by atoms with Gasteiger partial charge in [0.2, 0.25) is 0 Å². The summed E-state index contributed by atoms with van der Waals surface area (Å²) in [5.74, 6) is 1.09. The summed E-state index contributed by atoms with van der Waals surface area (Å²) in [4.78, 5) is 11.8. The zero-order valence-electron chi connectivity index (χ0n) is 12.2. The molecule has 1 rings (SSSR count). The van der Waals surface area contributed by atoms with Crippen molar-refractivity contribution in [3.8, 4) is 5.75 Å². The molecule has 1 aromatic carbocycles. The van der Waals surface area contributed by atoms with Crippen LogP contribution in [0.1, 0.15) is 32.3 Å². The lowest BCUT2D eigenvalue weighted by Crippen LogP contribution is -2.39. The van der Waals surface area contributed by atoms with Crippen molar-refractivity contribution in [3.05, 3.63) is 29.8 Å². The Morgan fingerprint density at radius 1 is 1.26 bits per heavy atom. The van der Waals surface area contributed by atoms with Gasteiger partial charge in [0.15, 0.2) is 6.10 Å². The Labute approximate surface area is 115 Å². The highest BCUT2D eigenvalue weighted by Crippen LogP contribution is 2.20. The molecule has 0 fully saturated rings. The maximum Gasteiger partial charge on any atom is 0.260 e. The molecule has 106 valence electrons. The molecule has 0 aliphatic heterocycles. The topological polar surface area (TPSA) is 50.4 Å². The van der Waals surface area contributed by atoms with Gasteiger partial charge in [0.1, 0.15) is 5.75 Å². The number of hydrogen-bond donors (Lipinski definition) is 2. The van der Waals surface area contributed by atoms with Crippen LogP contribution in [0.5, 0.6) is 5.75 Å². The zero-order valence-corrected chi connectivity index (χ0v) is 12.2. The summed E-state index contributed by atoms with van der Waals surface area (Å²) >= 11 is 0. The third-order valence-corrected chi connectivity index (χ3v) is 2.88. The van der Waals surface area contributed by atoms with Crippen molar-refractivity contribution < 1.29 is 9.53 Å². The van der Waals surface area contributed by atoms with Crippen LogP contribution in [-0.4, -0.2) is 32.1 Å². The largest absolute Gasteiger partial charge is 0.481 e. The Bertz CT molecular complexity index is 405. The van der Waals surface area contributed by atoms with E-state index in [-0.39, 0.29) is 5.91 Å². The van der Waals surface area contributed by atoms with Gasteiger partial charge in [-0.25, -0.2) is 0 Å². The Kier molecular flexibility index (Phi) is 6.36. The maximum atomic E-state index is 11.8. The molecule has 0 radical (unpaired) electrons. The maximum absolute atomic E-state index is 11.8. The molecule has 1 atom stereocenters. The first-order valence-corrected chi connectivity index (χ1v) is 6.73. The van der Waals surface area contributed by atoms with Gasteiger partial charge in [0.05, 0.1) is 0 Å². The number of nitrogens with one attached hydrogen (secondary N) is 2. The summed E-state index contributed by atoms with van der Waals surface area (Å²) in [6, 6.07) is 7.89. The summed E-state index contributed by atoms with van der Waals surface area (Å²) in [5, 5.41) is 5.79. The van der Waals surface area contributed by atoms with Crippen molar-refractivity contribution in [1.82, 2.24) is 10.6 Å². The highest BCUT2D eigenvalue weighted by Gasteiger charge is 2.14. The molecule has 0 aliphatic carbocycles. The van der Waals surface area contributed by atoms with Gasteiger partial charge in [0.25, 0.3) is 5.91 Å². The van der Waals surface area contributed by atoms with Crippen LogP contribution in [0.2, 0.25) is 0 Å². The average molecular weight is 264 g/mol. The number of rotatable bonds is 7. The van der Waals surface area contributed by atoms with Gasteiger partial charge in [-0.2, -0.15) is 0 Å². The highest BCUT2D eigenvalue weighted by molar-refractivity contribution is 5.80. The van der Waals surface area contributed by atoms with Crippen LogP contribution in [0.3, 0.4) is 0 Å². The van der Waals surface area contributed by atoms with Gasteiger partial charge in [-0.1, -0.05) is 26.0 Å². The van der Waals surface area contributed by atoms with Crippen LogP contribution in [0.15, 0.2) is 24.3 Å². The summed E-state index contributed by atoms with van der Waals surface area (Å²) < 4.78 is 5.67. The molecular weight excluding hydrogens is 240 g/mol. The van der Waals surface area contributed by atoms with Gasteiger partial charge in [-0.3, -0.25) is 4.79 Å². The molecule has 1 unspecified atom stereocenters. The lowest BCUT2D eigenvalue weighted by atomic mass is 10.0. The molecule has 0 bridgehead atoms. The normalized spacial score (nSPS) is 12.3. The van der Waals surface area contributed by atoms with Gasteiger partial charge in [-0.15, -0.1) is 0 Å². The van der Waals surface area contributed by atoms with E-state index in [4.69, 9.17) is 4.74 Å². The second-order valence-corrected chi connectivity index (χ2v) is 4.88. The smallest absolute Gasteiger partial charge is 0.260 e. The lowest BCUT2D eigenvalue weighted by molar-refractivity contribution is -0.127. The summed E-state index contributed by atoms with van der Waals surface area (Å²) in [6.45, 7) is 7.38. The van der Waals surface area contributed by atoms with E-state index in [1.165, 1.54) is 5.56 Å². The SMILES string of the molecule is CNCCNC(=O)C(C)Oc1cccc(C(C)C)c1. The Morgan fingerprint density at radius 2 is 2.00 bits per heavy atom. The highest BCUT2D eigenvalue weighted by atomic mass is 16.5. The second-order valence-electron chi connectivity index (χ2n) is 4.88. The molecule has 0 heterocycles. The van der Waals surface area contributed by atoms with E-state index < -0.39 is 6.10 Å². The van der Waals surface area contributed by atoms with Gasteiger partial charge < -0.3 is 15.4 Å². The summed E-state index contributed by atoms with van der Waals surface area (Å²) in [7, 11) is 1.85. The molecule has 4 heteroatoms. The zero-order chi connectivity index (χ0) is 14.3. The van der Waals surface area contributed by atoms with Crippen molar-refractivity contribution in [1.29, 1.82) is 0 Å². The fourth-order valence-corrected chi connectivity index (χ4v) is 1.66. The van der Waals surface area contributed by atoms with E-state index in [2.05, 4.69) is 30.5 Å². The van der Waals surface area contributed by atoms with Gasteiger partial charge in [0, 0.05) is 13.1 Å². The van der Waals surface area contributed by atoms with Crippen LogP contribution in [0.25, 0.3) is 0 Å². The van der Waals surface area contributed by atoms with Crippen molar-refractivity contribution in [2.75, 3.05) is 20.1 Å². The minimum atomic E-state index is -0.487. The van der Waals surface area contributed by atoms with E-state index in [1.807, 2.05) is 25.2 Å². The van der Waals surface area contributed by atoms with Crippen LogP contribution in [0.4, 0.5) is 0 Å². The Morgan fingerprint density at radius 3 is 2.63 bits per heavy atom. The first kappa shape index (κ1) is 15.5. The predicted molar refractivity (Wildman–Crippen MR) is 77.6 cm³/mol. The molecule has 1 amide bonds. The fraction of sp³-hybridized carbons (Fsp3) is 0.533. The van der Waals surface area contributed by atoms with Crippen LogP contribution in [0, 0.1) is 0 Å². The molecule has 19 heavy (non-hydrogen) atoms. The fourth-order valence-electron chi connectivity index (χ4n) is 1.66.